The van der Waals surface area contributed by atoms with Crippen molar-refractivity contribution in [3.05, 3.63) is 21.7 Å². The average Bonchev–Trinajstić information content (AvgIpc) is 2.27. The van der Waals surface area contributed by atoms with Crippen LogP contribution in [0.25, 0.3) is 0 Å². The van der Waals surface area contributed by atoms with Crippen molar-refractivity contribution in [2.24, 2.45) is 0 Å². The molecule has 0 fully saturated rings. The average molecular weight is 311 g/mol. The third kappa shape index (κ3) is 2.96. The van der Waals surface area contributed by atoms with E-state index in [1.165, 1.54) is 4.90 Å². The summed E-state index contributed by atoms with van der Waals surface area (Å²) in [5, 5.41) is 0.380. The number of hydrogen-bond donors (Lipinski definition) is 0. The first kappa shape index (κ1) is 13.6. The maximum absolute atomic E-state index is 11.7. The number of halogens is 3. The predicted molar refractivity (Wildman–Crippen MR) is 68.0 cm³/mol. The molecule has 5 nitrogen and oxygen atoms in total. The highest BCUT2D eigenvalue weighted by Crippen LogP contribution is 2.25. The van der Waals surface area contributed by atoms with Gasteiger partial charge in [0, 0.05) is 18.5 Å². The maximum Gasteiger partial charge on any atom is 0.411 e. The van der Waals surface area contributed by atoms with E-state index in [0.29, 0.717) is 25.1 Å². The van der Waals surface area contributed by atoms with Crippen molar-refractivity contribution in [3.63, 3.8) is 0 Å². The normalized spacial score (nSPS) is 16.1. The van der Waals surface area contributed by atoms with Gasteiger partial charge in [0.1, 0.15) is 5.15 Å². The molecule has 0 radical (unpaired) electrons. The lowest BCUT2D eigenvalue weighted by Gasteiger charge is -2.28. The second kappa shape index (κ2) is 5.47. The predicted octanol–water partition coefficient (Wildman–Crippen LogP) is 2.86. The number of carbonyl (C=O) groups excluding carboxylic acids is 1. The molecule has 18 heavy (non-hydrogen) atoms. The van der Waals surface area contributed by atoms with Gasteiger partial charge in [-0.05, 0) is 18.5 Å². The van der Waals surface area contributed by atoms with E-state index in [1.807, 2.05) is 0 Å². The molecule has 1 aromatic heterocycles. The number of carbonyl (C=O) groups is 1. The molecular formula is C10H10Cl3N3O2. The molecule has 0 saturated carbocycles. The van der Waals surface area contributed by atoms with Crippen LogP contribution in [0.1, 0.15) is 18.2 Å². The number of nitrogens with zero attached hydrogens (tertiary/aromatic N) is 3. The van der Waals surface area contributed by atoms with Gasteiger partial charge in [0.15, 0.2) is 5.56 Å². The topological polar surface area (TPSA) is 55.3 Å². The zero-order valence-electron chi connectivity index (χ0n) is 9.49. The van der Waals surface area contributed by atoms with Crippen LogP contribution in [0.15, 0.2) is 0 Å². The van der Waals surface area contributed by atoms with E-state index in [4.69, 9.17) is 39.5 Å². The van der Waals surface area contributed by atoms with Crippen molar-refractivity contribution in [2.45, 2.75) is 25.5 Å². The summed E-state index contributed by atoms with van der Waals surface area (Å²) in [6, 6.07) is 0. The summed E-state index contributed by atoms with van der Waals surface area (Å²) in [4.78, 5) is 21.2. The minimum atomic E-state index is -0.671. The number of hydrogen-bond acceptors (Lipinski definition) is 4. The maximum atomic E-state index is 11.7. The van der Waals surface area contributed by atoms with Gasteiger partial charge in [0.05, 0.1) is 12.2 Å². The van der Waals surface area contributed by atoms with E-state index in [1.54, 1.807) is 6.92 Å². The van der Waals surface area contributed by atoms with Crippen molar-refractivity contribution in [1.29, 1.82) is 0 Å². The second-order valence-electron chi connectivity index (χ2n) is 3.81. The first-order valence-electron chi connectivity index (χ1n) is 5.28. The summed E-state index contributed by atoms with van der Waals surface area (Å²) < 4.78 is 4.91. The van der Waals surface area contributed by atoms with E-state index in [2.05, 4.69) is 9.97 Å². The van der Waals surface area contributed by atoms with Crippen LogP contribution in [-0.4, -0.2) is 33.1 Å². The highest BCUT2D eigenvalue weighted by Gasteiger charge is 2.26. The van der Waals surface area contributed by atoms with E-state index in [-0.39, 0.29) is 10.4 Å². The summed E-state index contributed by atoms with van der Waals surface area (Å²) in [6.45, 7) is 2.36. The number of ether oxygens (including phenoxy) is 1. The molecule has 1 aliphatic rings. The van der Waals surface area contributed by atoms with Crippen LogP contribution in [0.3, 0.4) is 0 Å². The van der Waals surface area contributed by atoms with Gasteiger partial charge >= 0.3 is 6.09 Å². The fraction of sp³-hybridized carbons (Fsp3) is 0.500. The molecule has 0 N–H and O–H groups in total. The van der Waals surface area contributed by atoms with Crippen LogP contribution >= 0.6 is 34.8 Å². The lowest BCUT2D eigenvalue weighted by Crippen LogP contribution is -2.37. The fourth-order valence-electron chi connectivity index (χ4n) is 1.71. The van der Waals surface area contributed by atoms with Crippen molar-refractivity contribution >= 4 is 40.9 Å². The lowest BCUT2D eigenvalue weighted by atomic mass is 10.1. The van der Waals surface area contributed by atoms with Gasteiger partial charge in [0.25, 0.3) is 0 Å². The molecular weight excluding hydrogens is 300 g/mol. The first-order chi connectivity index (χ1) is 8.47. The van der Waals surface area contributed by atoms with Gasteiger partial charge in [-0.1, -0.05) is 23.2 Å². The molecule has 0 saturated heterocycles. The van der Waals surface area contributed by atoms with Gasteiger partial charge in [-0.25, -0.2) is 14.8 Å². The molecule has 98 valence electrons. The minimum Gasteiger partial charge on any atom is -0.430 e. The fourth-order valence-corrected chi connectivity index (χ4v) is 2.27. The molecule has 1 aromatic rings. The highest BCUT2D eigenvalue weighted by molar-refractivity contribution is 6.32. The molecule has 2 rings (SSSR count). The Balaban J connectivity index is 2.17. The number of aromatic nitrogens is 2. The molecule has 1 amide bonds. The van der Waals surface area contributed by atoms with E-state index in [9.17, 15) is 4.79 Å². The van der Waals surface area contributed by atoms with Crippen molar-refractivity contribution < 1.29 is 9.53 Å². The summed E-state index contributed by atoms with van der Waals surface area (Å²) in [5.74, 6) is 0. The Kier molecular flexibility index (Phi) is 4.14. The van der Waals surface area contributed by atoms with Gasteiger partial charge in [-0.15, -0.1) is 0 Å². The summed E-state index contributed by atoms with van der Waals surface area (Å²) in [5.41, 5.74) is 0.797. The number of alkyl halides is 1. The van der Waals surface area contributed by atoms with E-state index >= 15 is 0 Å². The second-order valence-corrected chi connectivity index (χ2v) is 5.12. The quantitative estimate of drug-likeness (QED) is 0.455. The zero-order chi connectivity index (χ0) is 13.3. The lowest BCUT2D eigenvalue weighted by molar-refractivity contribution is 0.0911. The van der Waals surface area contributed by atoms with Crippen LogP contribution in [0.2, 0.25) is 10.4 Å². The molecule has 1 atom stereocenters. The van der Waals surface area contributed by atoms with Crippen LogP contribution in [-0.2, 0) is 17.7 Å². The van der Waals surface area contributed by atoms with Crippen LogP contribution < -0.4 is 0 Å². The SMILES string of the molecule is C[C@@H](Cl)OC(=O)N1CCc2nc(Cl)nc(Cl)c2C1. The highest BCUT2D eigenvalue weighted by atomic mass is 35.5. The smallest absolute Gasteiger partial charge is 0.411 e. The van der Waals surface area contributed by atoms with E-state index < -0.39 is 11.7 Å². The standard InChI is InChI=1S/C10H10Cl3N3O2/c1-5(11)18-10(17)16-3-2-7-6(4-16)8(12)15-9(13)14-7/h5H,2-4H2,1H3/t5-/m0/s1. The summed E-state index contributed by atoms with van der Waals surface area (Å²) in [7, 11) is 0. The molecule has 0 aromatic carbocycles. The third-order valence-corrected chi connectivity index (χ3v) is 3.07. The van der Waals surface area contributed by atoms with Crippen molar-refractivity contribution in [3.8, 4) is 0 Å². The van der Waals surface area contributed by atoms with Crippen LogP contribution in [0.4, 0.5) is 4.79 Å². The monoisotopic (exact) mass is 309 g/mol. The minimum absolute atomic E-state index is 0.115. The van der Waals surface area contributed by atoms with Gasteiger partial charge < -0.3 is 9.64 Å². The Morgan fingerprint density at radius 3 is 2.83 bits per heavy atom. The van der Waals surface area contributed by atoms with Crippen molar-refractivity contribution in [2.75, 3.05) is 6.54 Å². The zero-order valence-corrected chi connectivity index (χ0v) is 11.8. The Labute approximate surface area is 119 Å². The third-order valence-electron chi connectivity index (χ3n) is 2.50. The molecule has 0 unspecified atom stereocenters. The molecule has 0 aliphatic carbocycles. The molecule has 0 bridgehead atoms. The Bertz CT molecular complexity index is 482. The summed E-state index contributed by atoms with van der Waals surface area (Å²) >= 11 is 17.3. The van der Waals surface area contributed by atoms with E-state index in [0.717, 1.165) is 5.69 Å². The molecule has 1 aliphatic heterocycles. The summed E-state index contributed by atoms with van der Waals surface area (Å²) in [6.07, 6.45) is 0.0810. The Morgan fingerprint density at radius 1 is 1.44 bits per heavy atom. The molecule has 8 heteroatoms. The van der Waals surface area contributed by atoms with Crippen LogP contribution in [0.5, 0.6) is 0 Å². The van der Waals surface area contributed by atoms with Gasteiger partial charge in [-0.2, -0.15) is 0 Å². The van der Waals surface area contributed by atoms with Gasteiger partial charge in [-0.3, -0.25) is 0 Å². The molecule has 0 spiro atoms. The van der Waals surface area contributed by atoms with Crippen molar-refractivity contribution in [1.82, 2.24) is 14.9 Å². The largest absolute Gasteiger partial charge is 0.430 e. The number of amides is 1. The molecule has 2 heterocycles. The van der Waals surface area contributed by atoms with Crippen LogP contribution in [0, 0.1) is 0 Å². The Hall–Kier alpha value is -0.780. The number of fused-ring (bicyclic) bond motifs is 1. The Morgan fingerprint density at radius 2 is 2.17 bits per heavy atom. The van der Waals surface area contributed by atoms with Gasteiger partial charge in [0.2, 0.25) is 5.28 Å². The first-order valence-corrected chi connectivity index (χ1v) is 6.47. The number of rotatable bonds is 1.